The molecule has 1 heterocycles. The molecule has 2 N–H and O–H groups in total. The maximum absolute atomic E-state index is 13.1. The first-order valence-electron chi connectivity index (χ1n) is 6.21. The van der Waals surface area contributed by atoms with Crippen molar-refractivity contribution in [3.63, 3.8) is 0 Å². The molecular weight excluding hydrogens is 243 g/mol. The van der Waals surface area contributed by atoms with Gasteiger partial charge in [0.2, 0.25) is 0 Å². The number of pyridine rings is 1. The number of hydrogen-bond donors (Lipinski definition) is 2. The van der Waals surface area contributed by atoms with Gasteiger partial charge in [-0.15, -0.1) is 0 Å². The Labute approximate surface area is 112 Å². The molecule has 1 atom stereocenters. The average Bonchev–Trinajstić information content (AvgIpc) is 2.45. The molecule has 0 aliphatic rings. The third-order valence-electron chi connectivity index (χ3n) is 3.04. The second-order valence-electron chi connectivity index (χ2n) is 4.51. The fraction of sp³-hybridized carbons (Fsp3) is 0.267. The highest BCUT2D eigenvalue weighted by atomic mass is 19.1. The van der Waals surface area contributed by atoms with Crippen LogP contribution in [0.3, 0.4) is 0 Å². The van der Waals surface area contributed by atoms with E-state index in [2.05, 4.69) is 10.3 Å². The van der Waals surface area contributed by atoms with Crippen molar-refractivity contribution < 1.29 is 9.50 Å². The van der Waals surface area contributed by atoms with Crippen LogP contribution < -0.4 is 5.32 Å². The van der Waals surface area contributed by atoms with E-state index in [0.717, 1.165) is 16.7 Å². The van der Waals surface area contributed by atoms with Gasteiger partial charge >= 0.3 is 0 Å². The molecule has 0 bridgehead atoms. The zero-order valence-corrected chi connectivity index (χ0v) is 10.8. The van der Waals surface area contributed by atoms with E-state index in [1.165, 1.54) is 12.3 Å². The SMILES string of the molecule is CC(NCc1ccc(CO)cc1)c1cncc(F)c1. The van der Waals surface area contributed by atoms with Crippen LogP contribution in [0.5, 0.6) is 0 Å². The molecule has 1 aromatic carbocycles. The highest BCUT2D eigenvalue weighted by Gasteiger charge is 2.06. The van der Waals surface area contributed by atoms with Gasteiger partial charge in [-0.05, 0) is 29.7 Å². The van der Waals surface area contributed by atoms with Gasteiger partial charge in [0.25, 0.3) is 0 Å². The van der Waals surface area contributed by atoms with Crippen molar-refractivity contribution in [1.29, 1.82) is 0 Å². The fourth-order valence-electron chi connectivity index (χ4n) is 1.82. The Kier molecular flexibility index (Phi) is 4.60. The summed E-state index contributed by atoms with van der Waals surface area (Å²) >= 11 is 0. The molecule has 0 aliphatic carbocycles. The molecule has 2 aromatic rings. The number of aromatic nitrogens is 1. The van der Waals surface area contributed by atoms with Gasteiger partial charge in [0.15, 0.2) is 0 Å². The maximum atomic E-state index is 13.1. The van der Waals surface area contributed by atoms with Gasteiger partial charge in [-0.25, -0.2) is 4.39 Å². The van der Waals surface area contributed by atoms with E-state index in [4.69, 9.17) is 5.11 Å². The van der Waals surface area contributed by atoms with Crippen LogP contribution in [0.1, 0.15) is 29.7 Å². The van der Waals surface area contributed by atoms with E-state index in [0.29, 0.717) is 6.54 Å². The van der Waals surface area contributed by atoms with Gasteiger partial charge in [-0.3, -0.25) is 4.98 Å². The molecule has 0 saturated heterocycles. The Morgan fingerprint density at radius 3 is 2.53 bits per heavy atom. The summed E-state index contributed by atoms with van der Waals surface area (Å²) in [6, 6.07) is 9.24. The Morgan fingerprint density at radius 1 is 1.21 bits per heavy atom. The lowest BCUT2D eigenvalue weighted by Gasteiger charge is -2.14. The van der Waals surface area contributed by atoms with Gasteiger partial charge < -0.3 is 10.4 Å². The number of nitrogens with zero attached hydrogens (tertiary/aromatic N) is 1. The van der Waals surface area contributed by atoms with Crippen LogP contribution in [0, 0.1) is 5.82 Å². The van der Waals surface area contributed by atoms with Crippen molar-refractivity contribution in [3.05, 3.63) is 65.2 Å². The molecule has 0 aliphatic heterocycles. The Morgan fingerprint density at radius 2 is 1.89 bits per heavy atom. The normalized spacial score (nSPS) is 12.4. The minimum atomic E-state index is -0.321. The van der Waals surface area contributed by atoms with E-state index in [1.807, 2.05) is 31.2 Å². The molecule has 0 amide bonds. The second kappa shape index (κ2) is 6.41. The summed E-state index contributed by atoms with van der Waals surface area (Å²) in [6.07, 6.45) is 2.86. The number of aliphatic hydroxyl groups is 1. The number of rotatable bonds is 5. The average molecular weight is 260 g/mol. The van der Waals surface area contributed by atoms with Crippen LogP contribution in [0.25, 0.3) is 0 Å². The third kappa shape index (κ3) is 3.84. The van der Waals surface area contributed by atoms with E-state index in [-0.39, 0.29) is 18.5 Å². The largest absolute Gasteiger partial charge is 0.392 e. The lowest BCUT2D eigenvalue weighted by Crippen LogP contribution is -2.18. The number of aliphatic hydroxyl groups excluding tert-OH is 1. The minimum absolute atomic E-state index is 0.0284. The quantitative estimate of drug-likeness (QED) is 0.868. The van der Waals surface area contributed by atoms with Gasteiger partial charge in [0, 0.05) is 18.8 Å². The van der Waals surface area contributed by atoms with Crippen molar-refractivity contribution >= 4 is 0 Å². The van der Waals surface area contributed by atoms with Gasteiger partial charge in [-0.2, -0.15) is 0 Å². The van der Waals surface area contributed by atoms with Crippen LogP contribution in [0.2, 0.25) is 0 Å². The molecule has 0 spiro atoms. The first kappa shape index (κ1) is 13.6. The molecule has 1 aromatic heterocycles. The maximum Gasteiger partial charge on any atom is 0.141 e. The smallest absolute Gasteiger partial charge is 0.141 e. The van der Waals surface area contributed by atoms with E-state index >= 15 is 0 Å². The van der Waals surface area contributed by atoms with Crippen LogP contribution >= 0.6 is 0 Å². The number of benzene rings is 1. The molecule has 2 rings (SSSR count). The fourth-order valence-corrected chi connectivity index (χ4v) is 1.82. The molecule has 0 saturated carbocycles. The van der Waals surface area contributed by atoms with Crippen LogP contribution in [-0.2, 0) is 13.2 Å². The molecule has 4 heteroatoms. The van der Waals surface area contributed by atoms with Gasteiger partial charge in [-0.1, -0.05) is 24.3 Å². The molecule has 3 nitrogen and oxygen atoms in total. The third-order valence-corrected chi connectivity index (χ3v) is 3.04. The van der Waals surface area contributed by atoms with Gasteiger partial charge in [0.05, 0.1) is 12.8 Å². The Hall–Kier alpha value is -1.78. The van der Waals surface area contributed by atoms with Crippen LogP contribution in [-0.4, -0.2) is 10.1 Å². The summed E-state index contributed by atoms with van der Waals surface area (Å²) in [6.45, 7) is 2.71. The molecule has 19 heavy (non-hydrogen) atoms. The predicted octanol–water partition coefficient (Wildman–Crippen LogP) is 2.56. The summed E-state index contributed by atoms with van der Waals surface area (Å²) in [7, 11) is 0. The molecule has 0 radical (unpaired) electrons. The van der Waals surface area contributed by atoms with Crippen molar-refractivity contribution in [1.82, 2.24) is 10.3 Å². The van der Waals surface area contributed by atoms with Crippen LogP contribution in [0.15, 0.2) is 42.7 Å². The van der Waals surface area contributed by atoms with Crippen molar-refractivity contribution in [2.24, 2.45) is 0 Å². The number of nitrogens with one attached hydrogen (secondary N) is 1. The lowest BCUT2D eigenvalue weighted by molar-refractivity contribution is 0.282. The summed E-state index contributed by atoms with van der Waals surface area (Å²) in [5.74, 6) is -0.321. The van der Waals surface area contributed by atoms with Crippen molar-refractivity contribution in [3.8, 4) is 0 Å². The zero-order valence-electron chi connectivity index (χ0n) is 10.8. The van der Waals surface area contributed by atoms with Gasteiger partial charge in [0.1, 0.15) is 5.82 Å². The highest BCUT2D eigenvalue weighted by molar-refractivity contribution is 5.22. The van der Waals surface area contributed by atoms with Crippen LogP contribution in [0.4, 0.5) is 4.39 Å². The molecule has 1 unspecified atom stereocenters. The topological polar surface area (TPSA) is 45.1 Å². The minimum Gasteiger partial charge on any atom is -0.392 e. The molecular formula is C15H17FN2O. The first-order valence-corrected chi connectivity index (χ1v) is 6.21. The Balaban J connectivity index is 1.94. The first-order chi connectivity index (χ1) is 9.19. The monoisotopic (exact) mass is 260 g/mol. The summed E-state index contributed by atoms with van der Waals surface area (Å²) in [5, 5.41) is 12.3. The predicted molar refractivity (Wildman–Crippen MR) is 71.8 cm³/mol. The summed E-state index contributed by atoms with van der Waals surface area (Å²) < 4.78 is 13.1. The number of hydrogen-bond acceptors (Lipinski definition) is 3. The van der Waals surface area contributed by atoms with Crippen molar-refractivity contribution in [2.75, 3.05) is 0 Å². The highest BCUT2D eigenvalue weighted by Crippen LogP contribution is 2.13. The van der Waals surface area contributed by atoms with Crippen molar-refractivity contribution in [2.45, 2.75) is 26.1 Å². The van der Waals surface area contributed by atoms with E-state index in [9.17, 15) is 4.39 Å². The van der Waals surface area contributed by atoms with E-state index in [1.54, 1.807) is 6.20 Å². The second-order valence-corrected chi connectivity index (χ2v) is 4.51. The standard InChI is InChI=1S/C15H17FN2O/c1-11(14-6-15(16)9-17-8-14)18-7-12-2-4-13(10-19)5-3-12/h2-6,8-9,11,18-19H,7,10H2,1H3. The summed E-state index contributed by atoms with van der Waals surface area (Å²) in [4.78, 5) is 3.84. The summed E-state index contributed by atoms with van der Waals surface area (Å²) in [5.41, 5.74) is 2.84. The van der Waals surface area contributed by atoms with E-state index < -0.39 is 0 Å². The lowest BCUT2D eigenvalue weighted by atomic mass is 10.1. The zero-order chi connectivity index (χ0) is 13.7. The number of halogens is 1. The molecule has 100 valence electrons. The molecule has 0 fully saturated rings. The Bertz CT molecular complexity index is 528.